The number of nitrogen functional groups attached to an aromatic ring is 1. The maximum absolute atomic E-state index is 13.0. The molecular formula is C20H24N6O4. The Morgan fingerprint density at radius 2 is 1.83 bits per heavy atom. The van der Waals surface area contributed by atoms with Crippen LogP contribution in [0.2, 0.25) is 0 Å². The second kappa shape index (κ2) is 7.97. The van der Waals surface area contributed by atoms with Crippen molar-refractivity contribution in [3.05, 3.63) is 50.7 Å². The first-order valence-corrected chi connectivity index (χ1v) is 9.47. The van der Waals surface area contributed by atoms with E-state index in [2.05, 4.69) is 4.98 Å². The molecule has 30 heavy (non-hydrogen) atoms. The molecule has 1 unspecified atom stereocenters. The van der Waals surface area contributed by atoms with Crippen LogP contribution in [0.15, 0.2) is 33.9 Å². The lowest BCUT2D eigenvalue weighted by Gasteiger charge is -2.10. The summed E-state index contributed by atoms with van der Waals surface area (Å²) in [5, 5.41) is 16.5. The normalized spacial score (nSPS) is 12.2. The molecule has 3 rings (SSSR count). The van der Waals surface area contributed by atoms with Crippen molar-refractivity contribution < 1.29 is 9.90 Å². The molecule has 158 valence electrons. The smallest absolute Gasteiger partial charge is 0.332 e. The largest absolute Gasteiger partial charge is 0.481 e. The van der Waals surface area contributed by atoms with Crippen LogP contribution in [-0.2, 0) is 25.4 Å². The van der Waals surface area contributed by atoms with E-state index in [1.165, 1.54) is 4.57 Å². The van der Waals surface area contributed by atoms with Gasteiger partial charge in [-0.2, -0.15) is 0 Å². The van der Waals surface area contributed by atoms with Gasteiger partial charge in [0.25, 0.3) is 5.56 Å². The Morgan fingerprint density at radius 1 is 1.20 bits per heavy atom. The fraction of sp³-hybridized carbons (Fsp3) is 0.350. The summed E-state index contributed by atoms with van der Waals surface area (Å²) >= 11 is 0. The molecule has 0 saturated heterocycles. The van der Waals surface area contributed by atoms with E-state index < -0.39 is 23.1 Å². The van der Waals surface area contributed by atoms with Gasteiger partial charge in [-0.3, -0.25) is 24.1 Å². The van der Waals surface area contributed by atoms with Crippen molar-refractivity contribution in [1.82, 2.24) is 18.7 Å². The van der Waals surface area contributed by atoms with Crippen LogP contribution in [0.25, 0.3) is 22.6 Å². The topological polar surface area (TPSA) is 149 Å². The molecule has 0 radical (unpaired) electrons. The zero-order valence-electron chi connectivity index (χ0n) is 17.0. The summed E-state index contributed by atoms with van der Waals surface area (Å²) in [6.45, 7) is 1.72. The van der Waals surface area contributed by atoms with Crippen LogP contribution in [0.1, 0.15) is 25.3 Å². The number of carboxylic acids is 1. The van der Waals surface area contributed by atoms with E-state index in [-0.39, 0.29) is 17.9 Å². The molecule has 3 aromatic rings. The Hall–Kier alpha value is -3.69. The van der Waals surface area contributed by atoms with Gasteiger partial charge in [-0.05, 0) is 12.8 Å². The highest BCUT2D eigenvalue weighted by Crippen LogP contribution is 2.21. The predicted octanol–water partition coefficient (Wildman–Crippen LogP) is 0.886. The minimum Gasteiger partial charge on any atom is -0.481 e. The summed E-state index contributed by atoms with van der Waals surface area (Å²) in [4.78, 5) is 41.2. The van der Waals surface area contributed by atoms with E-state index in [1.54, 1.807) is 49.9 Å². The molecule has 0 spiro atoms. The van der Waals surface area contributed by atoms with Gasteiger partial charge < -0.3 is 15.4 Å². The minimum absolute atomic E-state index is 0.0472. The van der Waals surface area contributed by atoms with E-state index in [0.29, 0.717) is 35.4 Å². The Kier molecular flexibility index (Phi) is 5.59. The minimum atomic E-state index is -0.907. The molecule has 4 N–H and O–H groups in total. The van der Waals surface area contributed by atoms with E-state index in [1.807, 2.05) is 0 Å². The third-order valence-corrected chi connectivity index (χ3v) is 5.24. The fourth-order valence-electron chi connectivity index (χ4n) is 3.44. The number of aryl methyl sites for hydroxylation is 2. The molecule has 0 aliphatic heterocycles. The number of aliphatic carboxylic acids is 1. The van der Waals surface area contributed by atoms with E-state index in [4.69, 9.17) is 16.2 Å². The lowest BCUT2D eigenvalue weighted by molar-refractivity contribution is -0.141. The second-order valence-corrected chi connectivity index (χ2v) is 7.34. The van der Waals surface area contributed by atoms with Gasteiger partial charge in [0.05, 0.1) is 5.92 Å². The number of nitrogens with one attached hydrogen (secondary N) is 1. The number of carbonyl (C=O) groups is 1. The first-order chi connectivity index (χ1) is 14.1. The second-order valence-electron chi connectivity index (χ2n) is 7.34. The number of rotatable bonds is 7. The van der Waals surface area contributed by atoms with Crippen LogP contribution in [0.5, 0.6) is 0 Å². The molecular weight excluding hydrogens is 388 g/mol. The molecule has 1 atom stereocenters. The summed E-state index contributed by atoms with van der Waals surface area (Å²) in [6.07, 6.45) is 0.749. The van der Waals surface area contributed by atoms with Crippen LogP contribution >= 0.6 is 0 Å². The number of nitrogens with zero attached hydrogens (tertiary/aromatic N) is 4. The number of fused-ring (bicyclic) bond motifs is 1. The fourth-order valence-corrected chi connectivity index (χ4v) is 3.44. The standard InChI is InChI=1S/C20H24N6O4/c1-11(19(28)29)5-4-10-26-18(27)14-17(25(3)20(26)30)24(2)16(23-14)13-8-6-12(7-9-13)15(21)22/h6-9,11H,4-5,10H2,1-3H3,(H3,21,22)(H,28,29). The highest BCUT2D eigenvalue weighted by molar-refractivity contribution is 5.95. The van der Waals surface area contributed by atoms with Crippen molar-refractivity contribution in [3.8, 4) is 11.4 Å². The number of amidine groups is 1. The molecule has 0 aliphatic rings. The number of imidazole rings is 1. The number of carboxylic acid groups (broad SMARTS) is 1. The van der Waals surface area contributed by atoms with Crippen LogP contribution in [0, 0.1) is 11.3 Å². The lowest BCUT2D eigenvalue weighted by atomic mass is 10.1. The maximum atomic E-state index is 13.0. The van der Waals surface area contributed by atoms with E-state index in [9.17, 15) is 14.4 Å². The van der Waals surface area contributed by atoms with E-state index >= 15 is 0 Å². The number of nitrogens with two attached hydrogens (primary N) is 1. The highest BCUT2D eigenvalue weighted by Gasteiger charge is 2.19. The van der Waals surface area contributed by atoms with Gasteiger partial charge in [-0.25, -0.2) is 9.78 Å². The van der Waals surface area contributed by atoms with Crippen molar-refractivity contribution in [1.29, 1.82) is 5.41 Å². The monoisotopic (exact) mass is 412 g/mol. The van der Waals surface area contributed by atoms with Gasteiger partial charge >= 0.3 is 11.7 Å². The molecule has 0 bridgehead atoms. The van der Waals surface area contributed by atoms with Crippen molar-refractivity contribution in [2.24, 2.45) is 25.7 Å². The Balaban J connectivity index is 2.05. The maximum Gasteiger partial charge on any atom is 0.332 e. The Bertz CT molecular complexity index is 1250. The third-order valence-electron chi connectivity index (χ3n) is 5.24. The van der Waals surface area contributed by atoms with Gasteiger partial charge in [-0.1, -0.05) is 31.2 Å². The van der Waals surface area contributed by atoms with Crippen molar-refractivity contribution in [2.45, 2.75) is 26.3 Å². The zero-order valence-corrected chi connectivity index (χ0v) is 17.0. The average Bonchev–Trinajstić information content (AvgIpc) is 3.06. The van der Waals surface area contributed by atoms with Crippen molar-refractivity contribution in [2.75, 3.05) is 0 Å². The van der Waals surface area contributed by atoms with Gasteiger partial charge in [0, 0.05) is 31.8 Å². The van der Waals surface area contributed by atoms with Gasteiger partial charge in [0.1, 0.15) is 17.3 Å². The van der Waals surface area contributed by atoms with Gasteiger partial charge in [-0.15, -0.1) is 0 Å². The molecule has 0 aliphatic carbocycles. The van der Waals surface area contributed by atoms with Gasteiger partial charge in [0.2, 0.25) is 0 Å². The van der Waals surface area contributed by atoms with Crippen molar-refractivity contribution in [3.63, 3.8) is 0 Å². The first kappa shape index (κ1) is 21.0. The van der Waals surface area contributed by atoms with Crippen molar-refractivity contribution >= 4 is 23.0 Å². The molecule has 0 amide bonds. The molecule has 10 heteroatoms. The first-order valence-electron chi connectivity index (χ1n) is 9.47. The molecule has 0 fully saturated rings. The van der Waals surface area contributed by atoms with Crippen LogP contribution in [0.3, 0.4) is 0 Å². The molecule has 1 aromatic carbocycles. The summed E-state index contributed by atoms with van der Waals surface area (Å²) < 4.78 is 4.15. The highest BCUT2D eigenvalue weighted by atomic mass is 16.4. The molecule has 0 saturated carbocycles. The number of benzene rings is 1. The van der Waals surface area contributed by atoms with Crippen LogP contribution in [0.4, 0.5) is 0 Å². The lowest BCUT2D eigenvalue weighted by Crippen LogP contribution is -2.39. The summed E-state index contributed by atoms with van der Waals surface area (Å²) in [6, 6.07) is 6.89. The summed E-state index contributed by atoms with van der Waals surface area (Å²) in [5.41, 5.74) is 6.36. The molecule has 2 aromatic heterocycles. The SMILES string of the molecule is CC(CCCn1c(=O)c2nc(-c3ccc(C(=N)N)cc3)n(C)c2n(C)c1=O)C(=O)O. The summed E-state index contributed by atoms with van der Waals surface area (Å²) in [5.74, 6) is -0.998. The number of aromatic nitrogens is 4. The zero-order chi connectivity index (χ0) is 22.2. The molecule has 10 nitrogen and oxygen atoms in total. The third kappa shape index (κ3) is 3.63. The summed E-state index contributed by atoms with van der Waals surface area (Å²) in [7, 11) is 3.30. The van der Waals surface area contributed by atoms with Crippen LogP contribution in [-0.4, -0.2) is 35.6 Å². The predicted molar refractivity (Wildman–Crippen MR) is 113 cm³/mol. The Labute approximate surface area is 171 Å². The van der Waals surface area contributed by atoms with Gasteiger partial charge in [0.15, 0.2) is 5.52 Å². The van der Waals surface area contributed by atoms with E-state index in [0.717, 1.165) is 4.57 Å². The Morgan fingerprint density at radius 3 is 2.40 bits per heavy atom. The number of hydrogen-bond acceptors (Lipinski definition) is 5. The quantitative estimate of drug-likeness (QED) is 0.387. The van der Waals surface area contributed by atoms with Crippen LogP contribution < -0.4 is 17.0 Å². The number of hydrogen-bond donors (Lipinski definition) is 3. The molecule has 2 heterocycles. The average molecular weight is 412 g/mol.